The third-order valence-electron chi connectivity index (χ3n) is 1.96. The van der Waals surface area contributed by atoms with E-state index in [1.54, 1.807) is 0 Å². The summed E-state index contributed by atoms with van der Waals surface area (Å²) in [5.74, 6) is 0. The second kappa shape index (κ2) is 7.60. The van der Waals surface area contributed by atoms with Crippen LogP contribution in [0.15, 0.2) is 42.5 Å². The summed E-state index contributed by atoms with van der Waals surface area (Å²) in [4.78, 5) is 0. The lowest BCUT2D eigenvalue weighted by Gasteiger charge is -1.91. The van der Waals surface area contributed by atoms with Crippen LogP contribution in [0.5, 0.6) is 0 Å². The first-order valence-electron chi connectivity index (χ1n) is 5.04. The summed E-state index contributed by atoms with van der Waals surface area (Å²) in [5, 5.41) is 0. The summed E-state index contributed by atoms with van der Waals surface area (Å²) < 4.78 is 0. The van der Waals surface area contributed by atoms with Crippen molar-refractivity contribution in [1.82, 2.24) is 0 Å². The first-order valence-corrected chi connectivity index (χ1v) is 5.04. The molecule has 0 saturated heterocycles. The molecule has 0 bridgehead atoms. The molecule has 0 fully saturated rings. The van der Waals surface area contributed by atoms with Gasteiger partial charge in [-0.15, -0.1) is 0 Å². The second-order valence-electron chi connectivity index (χ2n) is 3.15. The smallest absolute Gasteiger partial charge is 0.0157 e. The summed E-state index contributed by atoms with van der Waals surface area (Å²) in [7, 11) is 0. The molecule has 0 heterocycles. The van der Waals surface area contributed by atoms with Gasteiger partial charge in [0.05, 0.1) is 0 Å². The van der Waals surface area contributed by atoms with Crippen molar-refractivity contribution >= 4 is 0 Å². The maximum absolute atomic E-state index is 3.14. The van der Waals surface area contributed by atoms with Crippen LogP contribution in [-0.2, 0) is 0 Å². The Morgan fingerprint density at radius 2 is 1.62 bits per heavy atom. The Morgan fingerprint density at radius 3 is 2.54 bits per heavy atom. The molecular weight excluding hydrogens is 156 g/mol. The fourth-order valence-electron chi connectivity index (χ4n) is 1.21. The average Bonchev–Trinajstić information content (AvgIpc) is 2.18. The molecule has 0 atom stereocenters. The lowest BCUT2D eigenvalue weighted by molar-refractivity contribution is 0.762. The minimum absolute atomic E-state index is 0.981. The van der Waals surface area contributed by atoms with Crippen molar-refractivity contribution in [3.05, 3.63) is 48.6 Å². The molecule has 1 aliphatic carbocycles. The van der Waals surface area contributed by atoms with E-state index in [0.717, 1.165) is 6.42 Å². The Morgan fingerprint density at radius 1 is 0.846 bits per heavy atom. The van der Waals surface area contributed by atoms with E-state index in [1.165, 1.54) is 25.7 Å². The summed E-state index contributed by atoms with van der Waals surface area (Å²) in [6, 6.07) is 0. The first-order chi connectivity index (χ1) is 6.50. The standard InChI is InChI=1S/C13H17/c1-2-4-6-8-10-12-13-11-9-7-5-3-1/h1-4,7,11,13H,5-6,8,10,12H2. The predicted octanol–water partition coefficient (Wildman–Crippen LogP) is 3.98. The van der Waals surface area contributed by atoms with Gasteiger partial charge in [0.25, 0.3) is 0 Å². The van der Waals surface area contributed by atoms with Crippen LogP contribution >= 0.6 is 0 Å². The molecule has 1 radical (unpaired) electrons. The van der Waals surface area contributed by atoms with Gasteiger partial charge in [-0.25, -0.2) is 0 Å². The number of allylic oxidation sites excluding steroid dienone is 8. The Kier molecular flexibility index (Phi) is 5.87. The van der Waals surface area contributed by atoms with Crippen LogP contribution in [0, 0.1) is 6.08 Å². The van der Waals surface area contributed by atoms with E-state index >= 15 is 0 Å². The number of rotatable bonds is 0. The van der Waals surface area contributed by atoms with Gasteiger partial charge in [-0.2, -0.15) is 0 Å². The lowest BCUT2D eigenvalue weighted by Crippen LogP contribution is -1.71. The van der Waals surface area contributed by atoms with E-state index in [0.29, 0.717) is 0 Å². The second-order valence-corrected chi connectivity index (χ2v) is 3.15. The van der Waals surface area contributed by atoms with Crippen LogP contribution in [0.4, 0.5) is 0 Å². The molecule has 69 valence electrons. The lowest BCUT2D eigenvalue weighted by atomic mass is 10.2. The zero-order valence-corrected chi connectivity index (χ0v) is 8.08. The molecule has 0 nitrogen and oxygen atoms in total. The van der Waals surface area contributed by atoms with E-state index in [-0.39, 0.29) is 0 Å². The number of hydrogen-bond donors (Lipinski definition) is 0. The van der Waals surface area contributed by atoms with E-state index in [9.17, 15) is 0 Å². The predicted molar refractivity (Wildman–Crippen MR) is 58.3 cm³/mol. The van der Waals surface area contributed by atoms with Crippen molar-refractivity contribution in [1.29, 1.82) is 0 Å². The normalized spacial score (nSPS) is 19.1. The van der Waals surface area contributed by atoms with Crippen molar-refractivity contribution in [2.45, 2.75) is 32.1 Å². The van der Waals surface area contributed by atoms with Crippen molar-refractivity contribution in [3.63, 3.8) is 0 Å². The fraction of sp³-hybridized carbons (Fsp3) is 0.385. The first kappa shape index (κ1) is 10.0. The highest BCUT2D eigenvalue weighted by Gasteiger charge is 1.82. The summed E-state index contributed by atoms with van der Waals surface area (Å²) in [6.07, 6.45) is 24.0. The molecule has 0 aromatic carbocycles. The Hall–Kier alpha value is -1.04. The molecule has 1 aliphatic rings. The molecule has 13 heavy (non-hydrogen) atoms. The zero-order valence-electron chi connectivity index (χ0n) is 8.08. The van der Waals surface area contributed by atoms with Crippen molar-refractivity contribution in [3.8, 4) is 0 Å². The van der Waals surface area contributed by atoms with Crippen LogP contribution in [0.3, 0.4) is 0 Å². The van der Waals surface area contributed by atoms with Gasteiger partial charge >= 0.3 is 0 Å². The molecule has 0 aromatic heterocycles. The van der Waals surface area contributed by atoms with Gasteiger partial charge in [-0.3, -0.25) is 0 Å². The minimum Gasteiger partial charge on any atom is -0.0845 e. The monoisotopic (exact) mass is 173 g/mol. The highest BCUT2D eigenvalue weighted by atomic mass is 13.9. The van der Waals surface area contributed by atoms with Crippen molar-refractivity contribution in [2.24, 2.45) is 0 Å². The molecule has 0 spiro atoms. The van der Waals surface area contributed by atoms with Gasteiger partial charge in [-0.1, -0.05) is 42.5 Å². The molecule has 0 saturated carbocycles. The van der Waals surface area contributed by atoms with Crippen LogP contribution in [0.25, 0.3) is 0 Å². The van der Waals surface area contributed by atoms with E-state index < -0.39 is 0 Å². The summed E-state index contributed by atoms with van der Waals surface area (Å²) in [6.45, 7) is 0. The van der Waals surface area contributed by atoms with Crippen LogP contribution in [0.1, 0.15) is 32.1 Å². The Balaban J connectivity index is 2.38. The van der Waals surface area contributed by atoms with Gasteiger partial charge in [0.1, 0.15) is 0 Å². The highest BCUT2D eigenvalue weighted by molar-refractivity contribution is 5.06. The number of hydrogen-bond acceptors (Lipinski definition) is 0. The third kappa shape index (κ3) is 6.15. The Labute approximate surface area is 81.4 Å². The SMILES string of the molecule is [C]1=CCC=CC=CCCCCC=C1. The average molecular weight is 173 g/mol. The molecular formula is C13H17. The highest BCUT2D eigenvalue weighted by Crippen LogP contribution is 2.02. The van der Waals surface area contributed by atoms with Crippen LogP contribution < -0.4 is 0 Å². The van der Waals surface area contributed by atoms with E-state index in [1.807, 2.05) is 6.08 Å². The maximum atomic E-state index is 3.14. The van der Waals surface area contributed by atoms with E-state index in [4.69, 9.17) is 0 Å². The van der Waals surface area contributed by atoms with Gasteiger partial charge in [-0.05, 0) is 38.2 Å². The van der Waals surface area contributed by atoms with Crippen LogP contribution in [0.2, 0.25) is 0 Å². The Bertz CT molecular complexity index is 192. The molecule has 0 aliphatic heterocycles. The summed E-state index contributed by atoms with van der Waals surface area (Å²) >= 11 is 0. The fourth-order valence-corrected chi connectivity index (χ4v) is 1.21. The van der Waals surface area contributed by atoms with Crippen molar-refractivity contribution in [2.75, 3.05) is 0 Å². The van der Waals surface area contributed by atoms with Gasteiger partial charge in [0.2, 0.25) is 0 Å². The third-order valence-corrected chi connectivity index (χ3v) is 1.96. The van der Waals surface area contributed by atoms with Crippen molar-refractivity contribution < 1.29 is 0 Å². The van der Waals surface area contributed by atoms with Gasteiger partial charge < -0.3 is 0 Å². The summed E-state index contributed by atoms with van der Waals surface area (Å²) in [5.41, 5.74) is 0. The van der Waals surface area contributed by atoms with E-state index in [2.05, 4.69) is 42.5 Å². The minimum atomic E-state index is 0.981. The largest absolute Gasteiger partial charge is 0.0845 e. The molecule has 0 aromatic rings. The van der Waals surface area contributed by atoms with Gasteiger partial charge in [0, 0.05) is 0 Å². The van der Waals surface area contributed by atoms with Crippen LogP contribution in [-0.4, -0.2) is 0 Å². The molecule has 0 N–H and O–H groups in total. The quantitative estimate of drug-likeness (QED) is 0.520. The molecule has 0 unspecified atom stereocenters. The zero-order chi connectivity index (χ0) is 9.19. The maximum Gasteiger partial charge on any atom is -0.0157 e. The molecule has 0 heteroatoms. The molecule has 0 amide bonds. The molecule has 1 rings (SSSR count). The van der Waals surface area contributed by atoms with Gasteiger partial charge in [0.15, 0.2) is 0 Å². The topological polar surface area (TPSA) is 0 Å².